The molecule has 0 fully saturated rings. The van der Waals surface area contributed by atoms with Gasteiger partial charge in [0.2, 0.25) is 0 Å². The van der Waals surface area contributed by atoms with E-state index in [2.05, 4.69) is 0 Å². The summed E-state index contributed by atoms with van der Waals surface area (Å²) >= 11 is 0. The molecule has 0 aliphatic carbocycles. The molecule has 11 heteroatoms. The molecule has 0 bridgehead atoms. The Labute approximate surface area is 85.8 Å². The number of hydrogen-bond acceptors (Lipinski definition) is 4. The molecule has 76 valence electrons. The van der Waals surface area contributed by atoms with Gasteiger partial charge in [-0.2, -0.15) is 0 Å². The van der Waals surface area contributed by atoms with E-state index >= 15 is 0 Å². The Bertz CT molecular complexity index is 14.4. The fourth-order valence-electron chi connectivity index (χ4n) is 0. The summed E-state index contributed by atoms with van der Waals surface area (Å²) in [7, 11) is 0. The molecule has 0 aromatic rings. The molecule has 0 aromatic carbocycles. The molecule has 0 aliphatic rings. The van der Waals surface area contributed by atoms with Gasteiger partial charge in [-0.1, -0.05) is 0 Å². The monoisotopic (exact) mass is 256 g/mol. The standard InChI is InChI=1S/2Cr.2H3N.4H2O.3O/h;;2*1H3;4*1H2;;;/q2*+4;;;;;;;3*-2/p-2. The Morgan fingerprint density at radius 2 is 0.364 bits per heavy atom. The maximum absolute atomic E-state index is 0. The fraction of sp³-hybridized carbons (Fsp3) is 0. The summed E-state index contributed by atoms with van der Waals surface area (Å²) in [5.74, 6) is 0. The van der Waals surface area contributed by atoms with Gasteiger partial charge < -0.3 is 50.6 Å². The molecule has 0 atom stereocenters. The molecular weight excluding hydrogens is 244 g/mol. The first kappa shape index (κ1) is 2700. The Balaban J connectivity index is 0. The van der Waals surface area contributed by atoms with Crippen LogP contribution >= 0.6 is 0 Å². The van der Waals surface area contributed by atoms with Crippen LogP contribution in [0.2, 0.25) is 0 Å². The first-order chi connectivity index (χ1) is 0. The summed E-state index contributed by atoms with van der Waals surface area (Å²) in [6.07, 6.45) is 0. The second-order valence-electron chi connectivity index (χ2n) is 0. The van der Waals surface area contributed by atoms with Crippen LogP contribution in [0.25, 0.3) is 0 Å². The van der Waals surface area contributed by atoms with Gasteiger partial charge in [-0.15, -0.1) is 0 Å². The van der Waals surface area contributed by atoms with Crippen LogP contribution in [0.15, 0.2) is 0 Å². The van der Waals surface area contributed by atoms with E-state index in [0.29, 0.717) is 0 Å². The van der Waals surface area contributed by atoms with Gasteiger partial charge >= 0.3 is 34.7 Å². The molecule has 0 aliphatic heterocycles. The van der Waals surface area contributed by atoms with Crippen LogP contribution in [-0.4, -0.2) is 21.9 Å². The van der Waals surface area contributed by atoms with Gasteiger partial charge in [-0.05, 0) is 0 Å². The zero-order valence-corrected chi connectivity index (χ0v) is 8.38. The van der Waals surface area contributed by atoms with Gasteiger partial charge in [0.25, 0.3) is 0 Å². The average Bonchev–Trinajstić information content (AvgIpc) is 0. The van der Waals surface area contributed by atoms with E-state index in [-0.39, 0.29) is 85.4 Å². The van der Waals surface area contributed by atoms with E-state index in [1.807, 2.05) is 0 Å². The van der Waals surface area contributed by atoms with Crippen LogP contribution in [0, 0.1) is 0 Å². The van der Waals surface area contributed by atoms with Crippen molar-refractivity contribution in [3.8, 4) is 0 Å². The van der Waals surface area contributed by atoms with Crippen molar-refractivity contribution in [2.45, 2.75) is 0 Å². The molecule has 0 aromatic heterocycles. The minimum absolute atomic E-state index is 0. The quantitative estimate of drug-likeness (QED) is 0.588. The summed E-state index contributed by atoms with van der Waals surface area (Å²) in [6, 6.07) is 0. The largest absolute Gasteiger partial charge is 4.00 e. The predicted octanol–water partition coefficient (Wildman–Crippen LogP) is -0.316. The Morgan fingerprint density at radius 3 is 0.364 bits per heavy atom. The molecule has 0 heterocycles. The van der Waals surface area contributed by atoms with Crippen LogP contribution in [-0.2, 0) is 51.2 Å². The van der Waals surface area contributed by atoms with E-state index in [4.69, 9.17) is 0 Å². The van der Waals surface area contributed by atoms with Crippen LogP contribution < -0.4 is 12.3 Å². The Morgan fingerprint density at radius 1 is 0.364 bits per heavy atom. The average molecular weight is 256 g/mol. The number of hydrogen-bond donors (Lipinski definition) is 2. The summed E-state index contributed by atoms with van der Waals surface area (Å²) in [5.41, 5.74) is 0. The van der Waals surface area contributed by atoms with Gasteiger partial charge in [-0.25, -0.2) is 0 Å². The van der Waals surface area contributed by atoms with E-state index < -0.39 is 0 Å². The second-order valence-corrected chi connectivity index (χ2v) is 0. The topological polar surface area (TPSA) is 278 Å². The first-order valence-corrected chi connectivity index (χ1v) is 0. The van der Waals surface area contributed by atoms with Crippen LogP contribution in [0.4, 0.5) is 0 Å². The molecule has 0 saturated heterocycles. The van der Waals surface area contributed by atoms with Gasteiger partial charge in [-0.3, -0.25) is 0 Å². The first-order valence-electron chi connectivity index (χ1n) is 0. The Hall–Kier alpha value is 0.705. The molecule has 0 saturated carbocycles. The molecule has 0 amide bonds. The molecule has 11 heavy (non-hydrogen) atoms. The van der Waals surface area contributed by atoms with Gasteiger partial charge in [0.05, 0.1) is 0 Å². The zero-order valence-electron chi connectivity index (χ0n) is 5.83. The molecule has 0 rings (SSSR count). The van der Waals surface area contributed by atoms with Crippen molar-refractivity contribution in [3.63, 3.8) is 0 Å². The van der Waals surface area contributed by atoms with E-state index in [1.54, 1.807) is 0 Å². The van der Waals surface area contributed by atoms with Crippen molar-refractivity contribution in [1.29, 1.82) is 0 Å². The minimum Gasteiger partial charge on any atom is -2.00 e. The van der Waals surface area contributed by atoms with Gasteiger partial charge in [0, 0.05) is 0 Å². The number of quaternary nitrogens is 2. The summed E-state index contributed by atoms with van der Waals surface area (Å²) in [6.45, 7) is 0. The van der Waals surface area contributed by atoms with E-state index in [9.17, 15) is 0 Å². The SMILES string of the molecule is [Cr+4].[Cr+4].[NH4+].[NH4+].[O-2].[O-2].[O-2].[OH-].[OH-].[OH-].[OH-]. The van der Waals surface area contributed by atoms with Crippen LogP contribution in [0.1, 0.15) is 0 Å². The Kier molecular flexibility index (Phi) is 498000. The second kappa shape index (κ2) is 2030. The van der Waals surface area contributed by atoms with E-state index in [1.165, 1.54) is 0 Å². The maximum Gasteiger partial charge on any atom is 4.00 e. The van der Waals surface area contributed by atoms with Crippen LogP contribution in [0.3, 0.4) is 0 Å². The number of rotatable bonds is 0. The molecule has 12 N–H and O–H groups in total. The third kappa shape index (κ3) is 1630. The van der Waals surface area contributed by atoms with Crippen molar-refractivity contribution >= 4 is 0 Å². The predicted molar refractivity (Wildman–Crippen MR) is 21.8 cm³/mol. The van der Waals surface area contributed by atoms with Crippen molar-refractivity contribution in [3.05, 3.63) is 0 Å². The minimum atomic E-state index is 0. The molecular formula is H12Cr2N2O7. The summed E-state index contributed by atoms with van der Waals surface area (Å²) in [4.78, 5) is 0. The van der Waals surface area contributed by atoms with Gasteiger partial charge in [0.1, 0.15) is 0 Å². The van der Waals surface area contributed by atoms with Crippen molar-refractivity contribution in [2.75, 3.05) is 0 Å². The maximum atomic E-state index is 0. The smallest absolute Gasteiger partial charge is 2.00 e. The van der Waals surface area contributed by atoms with Crippen LogP contribution in [0.5, 0.6) is 0 Å². The van der Waals surface area contributed by atoms with Gasteiger partial charge in [0.15, 0.2) is 0 Å². The third-order valence-electron chi connectivity index (χ3n) is 0. The summed E-state index contributed by atoms with van der Waals surface area (Å²) in [5, 5.41) is 0. The molecule has 0 spiro atoms. The molecule has 9 nitrogen and oxygen atoms in total. The normalized spacial score (nSPS) is 0. The zero-order chi connectivity index (χ0) is 0. The summed E-state index contributed by atoms with van der Waals surface area (Å²) < 4.78 is 0. The van der Waals surface area contributed by atoms with Crippen molar-refractivity contribution in [1.82, 2.24) is 12.3 Å². The van der Waals surface area contributed by atoms with Crippen molar-refractivity contribution < 1.29 is 73.1 Å². The van der Waals surface area contributed by atoms with Crippen molar-refractivity contribution in [2.24, 2.45) is 0 Å². The van der Waals surface area contributed by atoms with E-state index in [0.717, 1.165) is 0 Å². The molecule has 0 unspecified atom stereocenters. The molecule has 0 radical (unpaired) electrons. The third-order valence-corrected chi connectivity index (χ3v) is 0. The fourth-order valence-corrected chi connectivity index (χ4v) is 0.